The molecule has 8 heteroatoms. The second kappa shape index (κ2) is 5.64. The Labute approximate surface area is 150 Å². The Bertz CT molecular complexity index is 809. The lowest BCUT2D eigenvalue weighted by molar-refractivity contribution is -0.396. The number of nitro groups is 2. The molecular formula is C18H22N2O6. The van der Waals surface area contributed by atoms with Crippen LogP contribution in [-0.2, 0) is 6.42 Å². The lowest BCUT2D eigenvalue weighted by atomic mass is 9.55. The van der Waals surface area contributed by atoms with E-state index >= 15 is 0 Å². The Hall–Kier alpha value is -2.22. The SMILES string of the molecule is CC12CCC3c4cc([N+](=O)[O-])c(O)c([N+](=O)[O-])c4CCC3C1CCC2O. The average Bonchev–Trinajstić information content (AvgIpc) is 2.88. The fraction of sp³-hybridized carbons (Fsp3) is 0.667. The minimum absolute atomic E-state index is 0.0140. The molecule has 0 aliphatic heterocycles. The van der Waals surface area contributed by atoms with Crippen molar-refractivity contribution < 1.29 is 20.1 Å². The van der Waals surface area contributed by atoms with Gasteiger partial charge in [-0.25, -0.2) is 0 Å². The van der Waals surface area contributed by atoms with Crippen LogP contribution in [0.2, 0.25) is 0 Å². The summed E-state index contributed by atoms with van der Waals surface area (Å²) < 4.78 is 0. The lowest BCUT2D eigenvalue weighted by Gasteiger charge is -2.49. The van der Waals surface area contributed by atoms with Crippen molar-refractivity contribution >= 4 is 11.4 Å². The molecule has 5 atom stereocenters. The predicted molar refractivity (Wildman–Crippen MR) is 92.0 cm³/mol. The quantitative estimate of drug-likeness (QED) is 0.613. The van der Waals surface area contributed by atoms with Crippen molar-refractivity contribution in [1.29, 1.82) is 0 Å². The molecular weight excluding hydrogens is 340 g/mol. The number of aliphatic hydroxyl groups excluding tert-OH is 1. The molecule has 0 bridgehead atoms. The summed E-state index contributed by atoms with van der Waals surface area (Å²) in [5.74, 6) is -0.229. The van der Waals surface area contributed by atoms with Crippen LogP contribution in [0, 0.1) is 37.5 Å². The number of phenolic OH excluding ortho intramolecular Hbond substituents is 1. The zero-order chi connectivity index (χ0) is 18.8. The number of aliphatic hydroxyl groups is 1. The standard InChI is InChI=1S/C18H22N2O6/c1-18-7-6-9-10(13(18)4-5-15(18)21)2-3-11-12(9)8-14(19(23)24)17(22)16(11)20(25)26/h8-10,13,15,21-22H,2-7H2,1H3. The third kappa shape index (κ3) is 2.17. The van der Waals surface area contributed by atoms with Crippen molar-refractivity contribution in [2.24, 2.45) is 17.3 Å². The van der Waals surface area contributed by atoms with Crippen LogP contribution in [-0.4, -0.2) is 26.2 Å². The molecule has 0 amide bonds. The van der Waals surface area contributed by atoms with E-state index in [-0.39, 0.29) is 23.4 Å². The van der Waals surface area contributed by atoms with Crippen LogP contribution in [0.5, 0.6) is 5.75 Å². The number of phenols is 1. The van der Waals surface area contributed by atoms with Gasteiger partial charge in [0.25, 0.3) is 5.75 Å². The van der Waals surface area contributed by atoms with Crippen molar-refractivity contribution in [3.8, 4) is 5.75 Å². The first-order valence-corrected chi connectivity index (χ1v) is 9.11. The number of fused-ring (bicyclic) bond motifs is 5. The molecule has 0 saturated heterocycles. The van der Waals surface area contributed by atoms with Gasteiger partial charge in [0.15, 0.2) is 0 Å². The molecule has 0 spiro atoms. The highest BCUT2D eigenvalue weighted by Crippen LogP contribution is 2.62. The first-order valence-electron chi connectivity index (χ1n) is 9.11. The van der Waals surface area contributed by atoms with Crippen LogP contribution in [0.3, 0.4) is 0 Å². The van der Waals surface area contributed by atoms with E-state index in [1.54, 1.807) is 0 Å². The maximum Gasteiger partial charge on any atom is 0.321 e. The zero-order valence-electron chi connectivity index (χ0n) is 14.6. The largest absolute Gasteiger partial charge is 0.497 e. The normalized spacial score (nSPS) is 35.3. The molecule has 0 radical (unpaired) electrons. The monoisotopic (exact) mass is 362 g/mol. The van der Waals surface area contributed by atoms with Crippen LogP contribution in [0.4, 0.5) is 11.4 Å². The van der Waals surface area contributed by atoms with Crippen LogP contribution in [0.1, 0.15) is 56.1 Å². The summed E-state index contributed by atoms with van der Waals surface area (Å²) in [4.78, 5) is 21.4. The maximum absolute atomic E-state index is 11.5. The Kier molecular flexibility index (Phi) is 3.73. The predicted octanol–water partition coefficient (Wildman–Crippen LogP) is 3.43. The molecule has 3 aliphatic carbocycles. The summed E-state index contributed by atoms with van der Waals surface area (Å²) in [6.07, 6.45) is 4.12. The lowest BCUT2D eigenvalue weighted by Crippen LogP contribution is -2.44. The highest BCUT2D eigenvalue weighted by molar-refractivity contribution is 5.67. The maximum atomic E-state index is 11.5. The molecule has 1 aromatic rings. The summed E-state index contributed by atoms with van der Waals surface area (Å²) in [6, 6.07) is 1.35. The Morgan fingerprint density at radius 2 is 1.88 bits per heavy atom. The van der Waals surface area contributed by atoms with Gasteiger partial charge < -0.3 is 10.2 Å². The van der Waals surface area contributed by atoms with Crippen molar-refractivity contribution in [2.75, 3.05) is 0 Å². The van der Waals surface area contributed by atoms with Gasteiger partial charge in [0.2, 0.25) is 0 Å². The number of rotatable bonds is 2. The Balaban J connectivity index is 1.84. The van der Waals surface area contributed by atoms with Gasteiger partial charge in [-0.05, 0) is 67.3 Å². The van der Waals surface area contributed by atoms with E-state index in [1.165, 1.54) is 6.07 Å². The highest BCUT2D eigenvalue weighted by Gasteiger charge is 2.55. The molecule has 0 heterocycles. The molecule has 26 heavy (non-hydrogen) atoms. The third-order valence-electron chi connectivity index (χ3n) is 7.29. The topological polar surface area (TPSA) is 127 Å². The number of hydrogen-bond donors (Lipinski definition) is 2. The molecule has 3 aliphatic rings. The molecule has 4 rings (SSSR count). The van der Waals surface area contributed by atoms with Gasteiger partial charge in [-0.1, -0.05) is 6.92 Å². The van der Waals surface area contributed by atoms with Crippen molar-refractivity contribution in [3.05, 3.63) is 37.4 Å². The molecule has 0 aromatic heterocycles. The average molecular weight is 362 g/mol. The Morgan fingerprint density at radius 1 is 1.15 bits per heavy atom. The fourth-order valence-electron chi connectivity index (χ4n) is 5.99. The van der Waals surface area contributed by atoms with Gasteiger partial charge in [-0.3, -0.25) is 20.2 Å². The van der Waals surface area contributed by atoms with Crippen LogP contribution >= 0.6 is 0 Å². The van der Waals surface area contributed by atoms with Gasteiger partial charge in [0, 0.05) is 11.6 Å². The van der Waals surface area contributed by atoms with E-state index in [2.05, 4.69) is 6.92 Å². The van der Waals surface area contributed by atoms with Crippen molar-refractivity contribution in [2.45, 2.75) is 57.5 Å². The first kappa shape index (κ1) is 17.2. The summed E-state index contributed by atoms with van der Waals surface area (Å²) in [7, 11) is 0. The minimum atomic E-state index is -0.839. The van der Waals surface area contributed by atoms with E-state index in [4.69, 9.17) is 0 Å². The molecule has 2 N–H and O–H groups in total. The molecule has 2 saturated carbocycles. The number of aromatic hydroxyl groups is 1. The van der Waals surface area contributed by atoms with Crippen molar-refractivity contribution in [3.63, 3.8) is 0 Å². The van der Waals surface area contributed by atoms with Crippen LogP contribution in [0.25, 0.3) is 0 Å². The fourth-order valence-corrected chi connectivity index (χ4v) is 5.99. The molecule has 8 nitrogen and oxygen atoms in total. The number of nitrogens with zero attached hydrogens (tertiary/aromatic N) is 2. The van der Waals surface area contributed by atoms with E-state index < -0.39 is 27.0 Å². The molecule has 2 fully saturated rings. The minimum Gasteiger partial charge on any atom is -0.497 e. The third-order valence-corrected chi connectivity index (χ3v) is 7.29. The van der Waals surface area contributed by atoms with E-state index in [0.29, 0.717) is 23.5 Å². The van der Waals surface area contributed by atoms with Gasteiger partial charge in [-0.15, -0.1) is 0 Å². The van der Waals surface area contributed by atoms with Crippen LogP contribution in [0.15, 0.2) is 6.07 Å². The summed E-state index contributed by atoms with van der Waals surface area (Å²) >= 11 is 0. The number of hydrogen-bond acceptors (Lipinski definition) is 6. The molecule has 1 aromatic carbocycles. The number of benzene rings is 1. The van der Waals surface area contributed by atoms with E-state index in [0.717, 1.165) is 32.1 Å². The van der Waals surface area contributed by atoms with E-state index in [9.17, 15) is 30.4 Å². The second-order valence-corrected chi connectivity index (χ2v) is 8.23. The molecule has 140 valence electrons. The highest BCUT2D eigenvalue weighted by atomic mass is 16.6. The van der Waals surface area contributed by atoms with Gasteiger partial charge >= 0.3 is 11.4 Å². The van der Waals surface area contributed by atoms with Gasteiger partial charge in [-0.2, -0.15) is 0 Å². The van der Waals surface area contributed by atoms with Crippen LogP contribution < -0.4 is 0 Å². The van der Waals surface area contributed by atoms with Crippen molar-refractivity contribution in [1.82, 2.24) is 0 Å². The van der Waals surface area contributed by atoms with E-state index in [1.807, 2.05) is 0 Å². The Morgan fingerprint density at radius 3 is 2.54 bits per heavy atom. The summed E-state index contributed by atoms with van der Waals surface area (Å²) in [5.41, 5.74) is -0.126. The van der Waals surface area contributed by atoms with Gasteiger partial charge in [0.05, 0.1) is 16.0 Å². The summed E-state index contributed by atoms with van der Waals surface area (Å²) in [6.45, 7) is 2.13. The second-order valence-electron chi connectivity index (χ2n) is 8.23. The first-order chi connectivity index (χ1) is 12.3. The molecule has 5 unspecified atom stereocenters. The smallest absolute Gasteiger partial charge is 0.321 e. The number of nitro benzene ring substituents is 2. The van der Waals surface area contributed by atoms with Gasteiger partial charge in [0.1, 0.15) is 0 Å². The zero-order valence-corrected chi connectivity index (χ0v) is 14.6. The summed E-state index contributed by atoms with van der Waals surface area (Å²) in [5, 5.41) is 43.3.